The van der Waals surface area contributed by atoms with Crippen molar-refractivity contribution in [2.24, 2.45) is 29.1 Å². The Morgan fingerprint density at radius 1 is 0.838 bits per heavy atom. The maximum Gasteiger partial charge on any atom is 0.0249 e. The van der Waals surface area contributed by atoms with E-state index < -0.39 is 0 Å². The summed E-state index contributed by atoms with van der Waals surface area (Å²) in [7, 11) is 0. The summed E-state index contributed by atoms with van der Waals surface area (Å²) in [5, 5.41) is 0. The fourth-order valence-corrected chi connectivity index (χ4v) is 9.28. The highest BCUT2D eigenvalue weighted by Crippen LogP contribution is 2.81. The number of hydrogen-bond donors (Lipinski definition) is 0. The smallest absolute Gasteiger partial charge is 0.0249 e. The van der Waals surface area contributed by atoms with E-state index in [0.717, 1.165) is 29.1 Å². The Labute approximate surface area is 228 Å². The van der Waals surface area contributed by atoms with Gasteiger partial charge in [0.2, 0.25) is 0 Å². The molecule has 0 heterocycles. The molecular weight excluding hydrogens is 444 g/mol. The number of fused-ring (bicyclic) bond motifs is 3. The number of hydrogen-bond acceptors (Lipinski definition) is 0. The quantitative estimate of drug-likeness (QED) is 0.357. The molecule has 0 radical (unpaired) electrons. The molecule has 0 nitrogen and oxygen atoms in total. The van der Waals surface area contributed by atoms with Crippen LogP contribution in [0.3, 0.4) is 0 Å². The molecule has 0 bridgehead atoms. The van der Waals surface area contributed by atoms with Gasteiger partial charge in [0.25, 0.3) is 0 Å². The van der Waals surface area contributed by atoms with Gasteiger partial charge in [0.1, 0.15) is 0 Å². The summed E-state index contributed by atoms with van der Waals surface area (Å²) in [5.41, 5.74) is 10.9. The average molecular weight is 497 g/mol. The standard InChI is InChI=1S/C37H52/c1-9-11-12-24(10-2)22-37(32-21-27-17-18-36(27)23-33(32)36)30-19-25(34(3,4)5)13-15-28(30)29-16-14-26(20-31(29)37)35(6,7)8/h13-16,19-20,24,27,32-33H,9-12,17-18,21-23H2,1-8H3. The van der Waals surface area contributed by atoms with Crippen LogP contribution < -0.4 is 0 Å². The fourth-order valence-electron chi connectivity index (χ4n) is 9.28. The van der Waals surface area contributed by atoms with Gasteiger partial charge in [-0.1, -0.05) is 117 Å². The van der Waals surface area contributed by atoms with E-state index in [9.17, 15) is 0 Å². The van der Waals surface area contributed by atoms with E-state index in [1.165, 1.54) is 68.9 Å². The molecule has 3 saturated carbocycles. The maximum absolute atomic E-state index is 2.70. The zero-order valence-corrected chi connectivity index (χ0v) is 25.1. The summed E-state index contributed by atoms with van der Waals surface area (Å²) < 4.78 is 0. The molecule has 0 heteroatoms. The van der Waals surface area contributed by atoms with Crippen molar-refractivity contribution in [2.75, 3.05) is 0 Å². The second-order valence-corrected chi connectivity index (χ2v) is 15.7. The third-order valence-electron chi connectivity index (χ3n) is 11.8. The second kappa shape index (κ2) is 8.47. The zero-order chi connectivity index (χ0) is 26.4. The molecule has 1 spiro atoms. The lowest BCUT2D eigenvalue weighted by Crippen LogP contribution is -2.38. The van der Waals surface area contributed by atoms with Crippen LogP contribution in [0.2, 0.25) is 0 Å². The highest BCUT2D eigenvalue weighted by Gasteiger charge is 2.74. The van der Waals surface area contributed by atoms with E-state index in [-0.39, 0.29) is 16.2 Å². The normalized spacial score (nSPS) is 29.7. The molecule has 3 fully saturated rings. The molecule has 0 saturated heterocycles. The topological polar surface area (TPSA) is 0 Å². The van der Waals surface area contributed by atoms with Gasteiger partial charge < -0.3 is 0 Å². The van der Waals surface area contributed by atoms with Gasteiger partial charge in [-0.2, -0.15) is 0 Å². The van der Waals surface area contributed by atoms with E-state index in [2.05, 4.69) is 91.8 Å². The van der Waals surface area contributed by atoms with Crippen LogP contribution in [-0.2, 0) is 16.2 Å². The number of rotatable bonds is 7. The van der Waals surface area contributed by atoms with E-state index in [4.69, 9.17) is 0 Å². The molecule has 200 valence electrons. The van der Waals surface area contributed by atoms with Crippen molar-refractivity contribution in [3.63, 3.8) is 0 Å². The molecule has 6 rings (SSSR count). The number of unbranched alkanes of at least 4 members (excludes halogenated alkanes) is 1. The summed E-state index contributed by atoms with van der Waals surface area (Å²) in [6, 6.07) is 15.3. The van der Waals surface area contributed by atoms with Crippen molar-refractivity contribution in [1.82, 2.24) is 0 Å². The van der Waals surface area contributed by atoms with Crippen LogP contribution >= 0.6 is 0 Å². The van der Waals surface area contributed by atoms with Gasteiger partial charge in [0, 0.05) is 5.41 Å². The zero-order valence-electron chi connectivity index (χ0n) is 25.1. The van der Waals surface area contributed by atoms with Crippen LogP contribution in [0.5, 0.6) is 0 Å². The van der Waals surface area contributed by atoms with Crippen LogP contribution in [0.15, 0.2) is 36.4 Å². The Morgan fingerprint density at radius 2 is 1.43 bits per heavy atom. The minimum absolute atomic E-state index is 0.175. The molecule has 4 aliphatic carbocycles. The fraction of sp³-hybridized carbons (Fsp3) is 0.676. The van der Waals surface area contributed by atoms with Crippen LogP contribution in [0, 0.1) is 29.1 Å². The summed E-state index contributed by atoms with van der Waals surface area (Å²) in [5.74, 6) is 3.61. The molecular formula is C37H52. The van der Waals surface area contributed by atoms with Gasteiger partial charge in [-0.15, -0.1) is 0 Å². The Balaban J connectivity index is 1.60. The lowest BCUT2D eigenvalue weighted by molar-refractivity contribution is 0.158. The third-order valence-corrected chi connectivity index (χ3v) is 11.8. The first-order chi connectivity index (χ1) is 17.5. The van der Waals surface area contributed by atoms with Crippen LogP contribution in [0.1, 0.15) is 135 Å². The molecule has 0 aliphatic heterocycles. The van der Waals surface area contributed by atoms with Gasteiger partial charge >= 0.3 is 0 Å². The van der Waals surface area contributed by atoms with Gasteiger partial charge in [-0.3, -0.25) is 0 Å². The molecule has 0 N–H and O–H groups in total. The molecule has 5 unspecified atom stereocenters. The Morgan fingerprint density at radius 3 is 1.81 bits per heavy atom. The minimum Gasteiger partial charge on any atom is -0.0654 e. The summed E-state index contributed by atoms with van der Waals surface area (Å²) in [6.07, 6.45) is 12.8. The molecule has 5 atom stereocenters. The van der Waals surface area contributed by atoms with Crippen LogP contribution in [-0.4, -0.2) is 0 Å². The van der Waals surface area contributed by atoms with Crippen molar-refractivity contribution in [3.8, 4) is 11.1 Å². The Kier molecular flexibility index (Phi) is 5.88. The summed E-state index contributed by atoms with van der Waals surface area (Å²) in [6.45, 7) is 19.2. The van der Waals surface area contributed by atoms with Crippen molar-refractivity contribution < 1.29 is 0 Å². The largest absolute Gasteiger partial charge is 0.0654 e. The highest BCUT2D eigenvalue weighted by molar-refractivity contribution is 5.82. The Hall–Kier alpha value is -1.56. The number of benzene rings is 2. The first kappa shape index (κ1) is 25.7. The first-order valence-electron chi connectivity index (χ1n) is 15.8. The van der Waals surface area contributed by atoms with E-state index >= 15 is 0 Å². The van der Waals surface area contributed by atoms with Crippen molar-refractivity contribution >= 4 is 0 Å². The molecule has 2 aromatic rings. The summed E-state index contributed by atoms with van der Waals surface area (Å²) >= 11 is 0. The maximum atomic E-state index is 2.70. The lowest BCUT2D eigenvalue weighted by Gasteiger charge is -2.43. The average Bonchev–Trinajstić information content (AvgIpc) is 3.50. The highest BCUT2D eigenvalue weighted by atomic mass is 14.8. The van der Waals surface area contributed by atoms with Gasteiger partial charge in [-0.25, -0.2) is 0 Å². The monoisotopic (exact) mass is 496 g/mol. The van der Waals surface area contributed by atoms with Gasteiger partial charge in [0.05, 0.1) is 0 Å². The van der Waals surface area contributed by atoms with Crippen molar-refractivity contribution in [3.05, 3.63) is 58.7 Å². The molecule has 0 aromatic heterocycles. The van der Waals surface area contributed by atoms with Gasteiger partial charge in [-0.05, 0) is 105 Å². The lowest BCUT2D eigenvalue weighted by atomic mass is 9.60. The summed E-state index contributed by atoms with van der Waals surface area (Å²) in [4.78, 5) is 0. The van der Waals surface area contributed by atoms with Gasteiger partial charge in [0.15, 0.2) is 0 Å². The molecule has 37 heavy (non-hydrogen) atoms. The first-order valence-corrected chi connectivity index (χ1v) is 15.8. The Bertz CT molecular complexity index is 1120. The van der Waals surface area contributed by atoms with Crippen molar-refractivity contribution in [1.29, 1.82) is 0 Å². The third kappa shape index (κ3) is 3.74. The van der Waals surface area contributed by atoms with E-state index in [1.807, 2.05) is 0 Å². The predicted molar refractivity (Wildman–Crippen MR) is 159 cm³/mol. The molecule has 0 amide bonds. The van der Waals surface area contributed by atoms with Crippen LogP contribution in [0.25, 0.3) is 11.1 Å². The van der Waals surface area contributed by atoms with E-state index in [1.54, 1.807) is 22.3 Å². The minimum atomic E-state index is 0.175. The van der Waals surface area contributed by atoms with Crippen molar-refractivity contribution in [2.45, 2.75) is 129 Å². The molecule has 2 aromatic carbocycles. The molecule has 4 aliphatic rings. The predicted octanol–water partition coefficient (Wildman–Crippen LogP) is 10.6. The SMILES string of the molecule is CCCCC(CC)CC1(C2CC3CCC34CC24)c2cc(C(C)(C)C)ccc2-c2ccc(C(C)(C)C)cc21. The van der Waals surface area contributed by atoms with E-state index in [0.29, 0.717) is 0 Å². The second-order valence-electron chi connectivity index (χ2n) is 15.7. The van der Waals surface area contributed by atoms with Crippen LogP contribution in [0.4, 0.5) is 0 Å².